The van der Waals surface area contributed by atoms with Gasteiger partial charge >= 0.3 is 21.7 Å². The van der Waals surface area contributed by atoms with Gasteiger partial charge in [0.25, 0.3) is 5.91 Å². The van der Waals surface area contributed by atoms with Gasteiger partial charge in [0.2, 0.25) is 0 Å². The number of amides is 3. The number of aromatic nitrogens is 1. The first kappa shape index (κ1) is 25.2. The molecule has 2 saturated heterocycles. The number of alkyl halides is 3. The van der Waals surface area contributed by atoms with Gasteiger partial charge in [-0.15, -0.1) is 0 Å². The second kappa shape index (κ2) is 10.0. The molecule has 0 bridgehead atoms. The number of carbonyl (C=O) groups is 2. The molecule has 188 valence electrons. The SMILES string of the molecule is O=C1CN(Cc2ccnc(NS(=O)(=O)N3CCOCC3)c2)C(=O)N1c1ccc(SC(F)(F)F)cc1. The fourth-order valence-electron chi connectivity index (χ4n) is 3.56. The molecule has 2 aliphatic heterocycles. The highest BCUT2D eigenvalue weighted by Gasteiger charge is 2.37. The molecule has 35 heavy (non-hydrogen) atoms. The lowest BCUT2D eigenvalue weighted by Gasteiger charge is -2.26. The summed E-state index contributed by atoms with van der Waals surface area (Å²) >= 11 is -0.293. The van der Waals surface area contributed by atoms with E-state index in [1.54, 1.807) is 6.07 Å². The third kappa shape index (κ3) is 6.22. The van der Waals surface area contributed by atoms with E-state index in [1.807, 2.05) is 0 Å². The zero-order valence-electron chi connectivity index (χ0n) is 18.1. The average molecular weight is 532 g/mol. The Balaban J connectivity index is 1.43. The summed E-state index contributed by atoms with van der Waals surface area (Å²) in [4.78, 5) is 31.4. The van der Waals surface area contributed by atoms with Crippen LogP contribution in [0.1, 0.15) is 5.56 Å². The van der Waals surface area contributed by atoms with Crippen molar-refractivity contribution in [3.05, 3.63) is 48.2 Å². The van der Waals surface area contributed by atoms with Crippen LogP contribution in [0.3, 0.4) is 0 Å². The van der Waals surface area contributed by atoms with Gasteiger partial charge in [0, 0.05) is 30.7 Å². The third-order valence-corrected chi connectivity index (χ3v) is 7.36. The van der Waals surface area contributed by atoms with Gasteiger partial charge in [-0.05, 0) is 53.7 Å². The number of hydrogen-bond donors (Lipinski definition) is 1. The fraction of sp³-hybridized carbons (Fsp3) is 0.350. The minimum Gasteiger partial charge on any atom is -0.379 e. The summed E-state index contributed by atoms with van der Waals surface area (Å²) in [7, 11) is -3.83. The van der Waals surface area contributed by atoms with Gasteiger partial charge in [-0.25, -0.2) is 14.7 Å². The number of hydrogen-bond acceptors (Lipinski definition) is 7. The van der Waals surface area contributed by atoms with Crippen molar-refractivity contribution in [3.8, 4) is 0 Å². The highest BCUT2D eigenvalue weighted by atomic mass is 32.2. The van der Waals surface area contributed by atoms with Gasteiger partial charge in [0.05, 0.1) is 18.9 Å². The summed E-state index contributed by atoms with van der Waals surface area (Å²) in [5.74, 6) is -0.477. The van der Waals surface area contributed by atoms with Crippen molar-refractivity contribution in [2.45, 2.75) is 16.9 Å². The van der Waals surface area contributed by atoms with Gasteiger partial charge in [-0.1, -0.05) is 0 Å². The molecule has 0 spiro atoms. The Kier molecular flexibility index (Phi) is 7.21. The zero-order valence-corrected chi connectivity index (χ0v) is 19.7. The lowest BCUT2D eigenvalue weighted by Crippen LogP contribution is -2.43. The van der Waals surface area contributed by atoms with Crippen LogP contribution in [0, 0.1) is 0 Å². The first-order valence-corrected chi connectivity index (χ1v) is 12.6. The number of imide groups is 1. The monoisotopic (exact) mass is 531 g/mol. The minimum atomic E-state index is -4.45. The van der Waals surface area contributed by atoms with E-state index in [0.29, 0.717) is 18.8 Å². The Morgan fingerprint density at radius 1 is 1.09 bits per heavy atom. The number of rotatable bonds is 7. The van der Waals surface area contributed by atoms with E-state index < -0.39 is 27.7 Å². The summed E-state index contributed by atoms with van der Waals surface area (Å²) in [5.41, 5.74) is -3.76. The van der Waals surface area contributed by atoms with E-state index in [4.69, 9.17) is 4.74 Å². The van der Waals surface area contributed by atoms with Gasteiger partial charge in [0.1, 0.15) is 12.4 Å². The maximum Gasteiger partial charge on any atom is 0.446 e. The van der Waals surface area contributed by atoms with Gasteiger partial charge in [0.15, 0.2) is 0 Å². The summed E-state index contributed by atoms with van der Waals surface area (Å²) in [6, 6.07) is 7.33. The number of carbonyl (C=O) groups excluding carboxylic acids is 2. The van der Waals surface area contributed by atoms with Crippen molar-refractivity contribution in [2.24, 2.45) is 0 Å². The van der Waals surface area contributed by atoms with Gasteiger partial charge in [-0.2, -0.15) is 25.9 Å². The predicted molar refractivity (Wildman–Crippen MR) is 121 cm³/mol. The van der Waals surface area contributed by atoms with Crippen LogP contribution in [0.15, 0.2) is 47.5 Å². The highest BCUT2D eigenvalue weighted by molar-refractivity contribution is 8.00. The van der Waals surface area contributed by atoms with Crippen molar-refractivity contribution in [2.75, 3.05) is 42.5 Å². The first-order valence-electron chi connectivity index (χ1n) is 10.3. The quantitative estimate of drug-likeness (QED) is 0.432. The molecule has 0 unspecified atom stereocenters. The molecule has 2 aromatic rings. The maximum atomic E-state index is 12.9. The molecule has 0 radical (unpaired) electrons. The van der Waals surface area contributed by atoms with Crippen LogP contribution in [0.4, 0.5) is 29.5 Å². The van der Waals surface area contributed by atoms with Crippen LogP contribution in [0.25, 0.3) is 0 Å². The van der Waals surface area contributed by atoms with E-state index in [2.05, 4.69) is 9.71 Å². The lowest BCUT2D eigenvalue weighted by atomic mass is 10.2. The molecule has 1 aromatic heterocycles. The van der Waals surface area contributed by atoms with E-state index in [1.165, 1.54) is 45.7 Å². The van der Waals surface area contributed by atoms with E-state index in [-0.39, 0.29) is 54.3 Å². The second-order valence-corrected chi connectivity index (χ2v) is 10.4. The maximum absolute atomic E-state index is 12.9. The molecule has 10 nitrogen and oxygen atoms in total. The summed E-state index contributed by atoms with van der Waals surface area (Å²) in [6.45, 7) is 0.767. The molecular formula is C20H20F3N5O5S2. The molecule has 0 atom stereocenters. The minimum absolute atomic E-state index is 0.00210. The topological polar surface area (TPSA) is 112 Å². The number of morpholine rings is 1. The molecular weight excluding hydrogens is 511 g/mol. The largest absolute Gasteiger partial charge is 0.446 e. The molecule has 1 N–H and O–H groups in total. The normalized spacial score (nSPS) is 17.8. The summed E-state index contributed by atoms with van der Waals surface area (Å²) in [5, 5.41) is 0. The molecule has 0 aliphatic carbocycles. The van der Waals surface area contributed by atoms with Crippen molar-refractivity contribution in [1.29, 1.82) is 0 Å². The molecule has 3 heterocycles. The number of thioether (sulfide) groups is 1. The molecule has 15 heteroatoms. The zero-order chi connectivity index (χ0) is 25.2. The first-order chi connectivity index (χ1) is 16.5. The van der Waals surface area contributed by atoms with Crippen LogP contribution in [0.5, 0.6) is 0 Å². The summed E-state index contributed by atoms with van der Waals surface area (Å²) in [6.07, 6.45) is 1.38. The van der Waals surface area contributed by atoms with E-state index >= 15 is 0 Å². The molecule has 4 rings (SSSR count). The van der Waals surface area contributed by atoms with Gasteiger partial charge < -0.3 is 9.64 Å². The van der Waals surface area contributed by atoms with Crippen LogP contribution >= 0.6 is 11.8 Å². The highest BCUT2D eigenvalue weighted by Crippen LogP contribution is 2.37. The lowest BCUT2D eigenvalue weighted by molar-refractivity contribution is -0.116. The number of anilines is 2. The number of nitrogens with zero attached hydrogens (tertiary/aromatic N) is 4. The fourth-order valence-corrected chi connectivity index (χ4v) is 5.23. The number of pyridine rings is 1. The predicted octanol–water partition coefficient (Wildman–Crippen LogP) is 2.65. The number of benzene rings is 1. The van der Waals surface area contributed by atoms with Crippen LogP contribution in [0.2, 0.25) is 0 Å². The second-order valence-electron chi connectivity index (χ2n) is 7.58. The van der Waals surface area contributed by atoms with Crippen molar-refractivity contribution in [3.63, 3.8) is 0 Å². The van der Waals surface area contributed by atoms with Crippen molar-refractivity contribution < 1.29 is 35.9 Å². The van der Waals surface area contributed by atoms with Gasteiger partial charge in [-0.3, -0.25) is 9.52 Å². The Hall–Kier alpha value is -2.88. The van der Waals surface area contributed by atoms with Crippen molar-refractivity contribution >= 4 is 45.4 Å². The number of ether oxygens (including phenoxy) is 1. The molecule has 2 aliphatic rings. The van der Waals surface area contributed by atoms with E-state index in [0.717, 1.165) is 4.90 Å². The number of nitrogens with one attached hydrogen (secondary N) is 1. The van der Waals surface area contributed by atoms with Crippen LogP contribution in [-0.2, 0) is 26.3 Å². The number of halogens is 3. The third-order valence-electron chi connectivity index (χ3n) is 5.11. The number of urea groups is 1. The summed E-state index contributed by atoms with van der Waals surface area (Å²) < 4.78 is 71.5. The Labute approximate surface area is 203 Å². The Morgan fingerprint density at radius 3 is 2.43 bits per heavy atom. The van der Waals surface area contributed by atoms with E-state index in [9.17, 15) is 31.2 Å². The Morgan fingerprint density at radius 2 is 1.77 bits per heavy atom. The average Bonchev–Trinajstić information content (AvgIpc) is 3.06. The molecule has 1 aromatic carbocycles. The Bertz CT molecular complexity index is 1200. The van der Waals surface area contributed by atoms with Crippen molar-refractivity contribution in [1.82, 2.24) is 14.2 Å². The molecule has 3 amide bonds. The molecule has 2 fully saturated rings. The standard InChI is InChI=1S/C20H20F3N5O5S2/c21-20(22,23)34-16-3-1-15(2-4-16)28-18(29)13-26(19(28)30)12-14-5-6-24-17(11-14)25-35(31,32)27-7-9-33-10-8-27/h1-6,11H,7-10,12-13H2,(H,24,25). The molecule has 0 saturated carbocycles. The smallest absolute Gasteiger partial charge is 0.379 e. The van der Waals surface area contributed by atoms with Crippen LogP contribution < -0.4 is 9.62 Å². The van der Waals surface area contributed by atoms with Crippen LogP contribution in [-0.4, -0.2) is 72.9 Å².